The second-order valence-electron chi connectivity index (χ2n) is 3.78. The zero-order valence-corrected chi connectivity index (χ0v) is 8.65. The summed E-state index contributed by atoms with van der Waals surface area (Å²) < 4.78 is 1.83. The van der Waals surface area contributed by atoms with Crippen molar-refractivity contribution in [2.75, 3.05) is 5.73 Å². The van der Waals surface area contributed by atoms with E-state index in [0.29, 0.717) is 5.92 Å². The van der Waals surface area contributed by atoms with Gasteiger partial charge < -0.3 is 5.73 Å². The van der Waals surface area contributed by atoms with Crippen molar-refractivity contribution in [1.82, 2.24) is 14.6 Å². The average Bonchev–Trinajstić information content (AvgIpc) is 2.50. The van der Waals surface area contributed by atoms with Crippen molar-refractivity contribution in [3.63, 3.8) is 0 Å². The predicted octanol–water partition coefficient (Wildman–Crippen LogP) is 1.74. The highest BCUT2D eigenvalue weighted by Gasteiger charge is 2.12. The Balaban J connectivity index is 2.82. The molecule has 0 bridgehead atoms. The van der Waals surface area contributed by atoms with Crippen molar-refractivity contribution in [2.45, 2.75) is 26.7 Å². The maximum Gasteiger partial charge on any atom is 0.157 e. The second kappa shape index (κ2) is 2.97. The van der Waals surface area contributed by atoms with E-state index in [2.05, 4.69) is 23.9 Å². The minimum atomic E-state index is 0.406. The number of nitrogens with two attached hydrogens (primary N) is 1. The lowest BCUT2D eigenvalue weighted by atomic mass is 10.00. The monoisotopic (exact) mass is 190 g/mol. The van der Waals surface area contributed by atoms with Crippen molar-refractivity contribution in [1.29, 1.82) is 0 Å². The topological polar surface area (TPSA) is 56.2 Å². The summed E-state index contributed by atoms with van der Waals surface area (Å²) in [5, 5.41) is 4.15. The van der Waals surface area contributed by atoms with Crippen molar-refractivity contribution in [3.05, 3.63) is 23.7 Å². The van der Waals surface area contributed by atoms with Gasteiger partial charge in [0.1, 0.15) is 6.33 Å². The van der Waals surface area contributed by atoms with E-state index >= 15 is 0 Å². The zero-order valence-electron chi connectivity index (χ0n) is 8.65. The van der Waals surface area contributed by atoms with Gasteiger partial charge in [-0.05, 0) is 18.4 Å². The van der Waals surface area contributed by atoms with Gasteiger partial charge in [-0.1, -0.05) is 13.8 Å². The summed E-state index contributed by atoms with van der Waals surface area (Å²) in [5.74, 6) is 0.406. The van der Waals surface area contributed by atoms with E-state index in [0.717, 1.165) is 22.6 Å². The Bertz CT molecular complexity index is 470. The molecule has 0 saturated carbocycles. The van der Waals surface area contributed by atoms with E-state index in [9.17, 15) is 0 Å². The van der Waals surface area contributed by atoms with E-state index in [4.69, 9.17) is 5.73 Å². The summed E-state index contributed by atoms with van der Waals surface area (Å²) in [5.41, 5.74) is 9.81. The van der Waals surface area contributed by atoms with Crippen molar-refractivity contribution in [2.24, 2.45) is 0 Å². The number of hydrogen-bond donors (Lipinski definition) is 1. The highest BCUT2D eigenvalue weighted by molar-refractivity contribution is 5.59. The van der Waals surface area contributed by atoms with Crippen LogP contribution in [0.5, 0.6) is 0 Å². The first-order chi connectivity index (χ1) is 6.61. The number of pyridine rings is 1. The lowest BCUT2D eigenvalue weighted by Gasteiger charge is -2.13. The Hall–Kier alpha value is -1.58. The molecular weight excluding hydrogens is 176 g/mol. The van der Waals surface area contributed by atoms with Gasteiger partial charge >= 0.3 is 0 Å². The van der Waals surface area contributed by atoms with Gasteiger partial charge in [-0.2, -0.15) is 5.10 Å². The maximum atomic E-state index is 5.97. The summed E-state index contributed by atoms with van der Waals surface area (Å²) in [4.78, 5) is 4.11. The Kier molecular flexibility index (Phi) is 1.91. The van der Waals surface area contributed by atoms with Crippen LogP contribution in [0.3, 0.4) is 0 Å². The molecule has 2 aromatic rings. The predicted molar refractivity (Wildman–Crippen MR) is 56.2 cm³/mol. The maximum absolute atomic E-state index is 5.97. The van der Waals surface area contributed by atoms with Crippen LogP contribution in [0.1, 0.15) is 31.0 Å². The molecule has 0 spiro atoms. The Morgan fingerprint density at radius 3 is 2.79 bits per heavy atom. The van der Waals surface area contributed by atoms with Gasteiger partial charge in [0.15, 0.2) is 5.65 Å². The molecule has 4 heteroatoms. The number of aryl methyl sites for hydroxylation is 1. The number of hydrogen-bond acceptors (Lipinski definition) is 3. The van der Waals surface area contributed by atoms with E-state index in [1.807, 2.05) is 17.5 Å². The normalized spacial score (nSPS) is 11.4. The summed E-state index contributed by atoms with van der Waals surface area (Å²) in [6.45, 7) is 6.27. The Labute approximate surface area is 82.8 Å². The number of nitrogen functional groups attached to an aromatic ring is 1. The van der Waals surface area contributed by atoms with Crippen LogP contribution in [0.15, 0.2) is 12.4 Å². The molecule has 4 nitrogen and oxygen atoms in total. The first-order valence-corrected chi connectivity index (χ1v) is 4.70. The summed E-state index contributed by atoms with van der Waals surface area (Å²) in [7, 11) is 0. The molecule has 2 aromatic heterocycles. The quantitative estimate of drug-likeness (QED) is 0.745. The molecule has 0 aliphatic rings. The lowest BCUT2D eigenvalue weighted by Crippen LogP contribution is -2.05. The third kappa shape index (κ3) is 1.14. The largest absolute Gasteiger partial charge is 0.398 e. The van der Waals surface area contributed by atoms with Gasteiger partial charge in [-0.3, -0.25) is 0 Å². The number of rotatable bonds is 1. The third-order valence-corrected chi connectivity index (χ3v) is 2.45. The number of aromatic nitrogens is 3. The van der Waals surface area contributed by atoms with Crippen LogP contribution in [0.2, 0.25) is 0 Å². The van der Waals surface area contributed by atoms with Crippen LogP contribution in [0.4, 0.5) is 5.69 Å². The van der Waals surface area contributed by atoms with Crippen LogP contribution < -0.4 is 5.73 Å². The van der Waals surface area contributed by atoms with Gasteiger partial charge in [-0.15, -0.1) is 0 Å². The Morgan fingerprint density at radius 1 is 1.43 bits per heavy atom. The SMILES string of the molecule is Cc1c(C(C)C)c(N)cc2ncnn12. The molecule has 2 N–H and O–H groups in total. The zero-order chi connectivity index (χ0) is 10.3. The number of fused-ring (bicyclic) bond motifs is 1. The molecule has 0 aliphatic heterocycles. The minimum Gasteiger partial charge on any atom is -0.398 e. The first kappa shape index (κ1) is 8.99. The molecule has 2 heterocycles. The third-order valence-electron chi connectivity index (χ3n) is 2.45. The molecule has 0 fully saturated rings. The van der Waals surface area contributed by atoms with Crippen LogP contribution in [0.25, 0.3) is 5.65 Å². The second-order valence-corrected chi connectivity index (χ2v) is 3.78. The van der Waals surface area contributed by atoms with Gasteiger partial charge in [0.05, 0.1) is 0 Å². The fourth-order valence-corrected chi connectivity index (χ4v) is 1.90. The summed E-state index contributed by atoms with van der Waals surface area (Å²) in [6, 6.07) is 1.87. The summed E-state index contributed by atoms with van der Waals surface area (Å²) >= 11 is 0. The van der Waals surface area contributed by atoms with Crippen LogP contribution in [-0.2, 0) is 0 Å². The highest BCUT2D eigenvalue weighted by Crippen LogP contribution is 2.26. The average molecular weight is 190 g/mol. The molecule has 0 aromatic carbocycles. The van der Waals surface area contributed by atoms with E-state index in [1.54, 1.807) is 6.33 Å². The molecule has 0 aliphatic carbocycles. The van der Waals surface area contributed by atoms with Gasteiger partial charge in [0, 0.05) is 17.4 Å². The molecule has 0 amide bonds. The fraction of sp³-hybridized carbons (Fsp3) is 0.400. The van der Waals surface area contributed by atoms with Crippen LogP contribution in [0, 0.1) is 6.92 Å². The molecule has 0 unspecified atom stereocenters. The standard InChI is InChI=1S/C10H14N4/c1-6(2)10-7(3)14-9(4-8(10)11)12-5-13-14/h4-6H,11H2,1-3H3. The van der Waals surface area contributed by atoms with Gasteiger partial charge in [0.2, 0.25) is 0 Å². The van der Waals surface area contributed by atoms with Crippen molar-refractivity contribution < 1.29 is 0 Å². The van der Waals surface area contributed by atoms with Crippen molar-refractivity contribution >= 4 is 11.3 Å². The summed E-state index contributed by atoms with van der Waals surface area (Å²) in [6.07, 6.45) is 1.55. The number of nitrogens with zero attached hydrogens (tertiary/aromatic N) is 3. The minimum absolute atomic E-state index is 0.406. The molecular formula is C10H14N4. The van der Waals surface area contributed by atoms with Gasteiger partial charge in [0.25, 0.3) is 0 Å². The fourth-order valence-electron chi connectivity index (χ4n) is 1.90. The highest BCUT2D eigenvalue weighted by atomic mass is 15.3. The van der Waals surface area contributed by atoms with Crippen molar-refractivity contribution in [3.8, 4) is 0 Å². The van der Waals surface area contributed by atoms with E-state index < -0.39 is 0 Å². The molecule has 0 atom stereocenters. The van der Waals surface area contributed by atoms with E-state index in [1.165, 1.54) is 0 Å². The number of anilines is 1. The first-order valence-electron chi connectivity index (χ1n) is 4.70. The van der Waals surface area contributed by atoms with Crippen LogP contribution in [-0.4, -0.2) is 14.6 Å². The van der Waals surface area contributed by atoms with E-state index in [-0.39, 0.29) is 0 Å². The molecule has 74 valence electrons. The van der Waals surface area contributed by atoms with Gasteiger partial charge in [-0.25, -0.2) is 9.50 Å². The molecule has 0 radical (unpaired) electrons. The lowest BCUT2D eigenvalue weighted by molar-refractivity contribution is 0.811. The molecule has 2 rings (SSSR count). The molecule has 14 heavy (non-hydrogen) atoms. The molecule has 0 saturated heterocycles. The van der Waals surface area contributed by atoms with Crippen LogP contribution >= 0.6 is 0 Å². The smallest absolute Gasteiger partial charge is 0.157 e. The Morgan fingerprint density at radius 2 is 2.14 bits per heavy atom.